The van der Waals surface area contributed by atoms with E-state index in [0.717, 1.165) is 30.0 Å². The second kappa shape index (κ2) is 5.31. The van der Waals surface area contributed by atoms with E-state index < -0.39 is 11.7 Å². The van der Waals surface area contributed by atoms with Gasteiger partial charge in [-0.05, 0) is 48.1 Å². The Morgan fingerprint density at radius 3 is 2.17 bits per heavy atom. The number of hydrogen-bond donors (Lipinski definition) is 1. The molecule has 1 rings (SSSR count). The maximum atomic E-state index is 12.7. The van der Waals surface area contributed by atoms with Gasteiger partial charge < -0.3 is 5.73 Å². The third-order valence-corrected chi connectivity index (χ3v) is 2.90. The topological polar surface area (TPSA) is 26.0 Å². The van der Waals surface area contributed by atoms with Crippen molar-refractivity contribution in [3.63, 3.8) is 0 Å². The van der Waals surface area contributed by atoms with Crippen LogP contribution >= 0.6 is 0 Å². The monoisotopic (exact) mass is 259 g/mol. The summed E-state index contributed by atoms with van der Waals surface area (Å²) < 4.78 is 38.2. The van der Waals surface area contributed by atoms with E-state index in [-0.39, 0.29) is 5.41 Å². The number of hydrogen-bond acceptors (Lipinski definition) is 1. The molecule has 0 heterocycles. The van der Waals surface area contributed by atoms with Crippen molar-refractivity contribution in [3.8, 4) is 0 Å². The highest BCUT2D eigenvalue weighted by Gasteiger charge is 2.32. The second-order valence-electron chi connectivity index (χ2n) is 5.51. The molecule has 0 unspecified atom stereocenters. The predicted octanol–water partition coefficient (Wildman–Crippen LogP) is 3.89. The van der Waals surface area contributed by atoms with Crippen molar-refractivity contribution < 1.29 is 13.2 Å². The van der Waals surface area contributed by atoms with Crippen molar-refractivity contribution in [2.24, 2.45) is 5.73 Å². The molecule has 18 heavy (non-hydrogen) atoms. The largest absolute Gasteiger partial charge is 0.416 e. The fourth-order valence-corrected chi connectivity index (χ4v) is 1.96. The summed E-state index contributed by atoms with van der Waals surface area (Å²) in [5.41, 5.74) is 6.29. The molecule has 0 radical (unpaired) electrons. The molecule has 4 heteroatoms. The van der Waals surface area contributed by atoms with E-state index in [4.69, 9.17) is 5.73 Å². The van der Waals surface area contributed by atoms with Crippen molar-refractivity contribution in [1.82, 2.24) is 0 Å². The Labute approximate surface area is 106 Å². The molecule has 0 spiro atoms. The Morgan fingerprint density at radius 2 is 1.72 bits per heavy atom. The highest BCUT2D eigenvalue weighted by molar-refractivity contribution is 5.38. The summed E-state index contributed by atoms with van der Waals surface area (Å²) in [7, 11) is 0. The van der Waals surface area contributed by atoms with Gasteiger partial charge >= 0.3 is 6.18 Å². The van der Waals surface area contributed by atoms with Gasteiger partial charge in [-0.25, -0.2) is 0 Å². The van der Waals surface area contributed by atoms with E-state index in [1.54, 1.807) is 6.07 Å². The van der Waals surface area contributed by atoms with Gasteiger partial charge in [-0.15, -0.1) is 0 Å². The standard InChI is InChI=1S/C14H20F3N/c1-13(2,3)12-9-11(14(15,16)17)7-6-10(12)5-4-8-18/h6-7,9H,4-5,8,18H2,1-3H3. The summed E-state index contributed by atoms with van der Waals surface area (Å²) in [6.07, 6.45) is -2.78. The van der Waals surface area contributed by atoms with Crippen molar-refractivity contribution in [3.05, 3.63) is 34.9 Å². The SMILES string of the molecule is CC(C)(C)c1cc(C(F)(F)F)ccc1CCCN. The fraction of sp³-hybridized carbons (Fsp3) is 0.571. The van der Waals surface area contributed by atoms with Gasteiger partial charge in [0.2, 0.25) is 0 Å². The summed E-state index contributed by atoms with van der Waals surface area (Å²) >= 11 is 0. The predicted molar refractivity (Wildman–Crippen MR) is 67.5 cm³/mol. The number of nitrogens with two attached hydrogens (primary N) is 1. The first-order valence-electron chi connectivity index (χ1n) is 6.07. The summed E-state index contributed by atoms with van der Waals surface area (Å²) in [5.74, 6) is 0. The van der Waals surface area contributed by atoms with Crippen molar-refractivity contribution in [2.75, 3.05) is 6.54 Å². The Balaban J connectivity index is 3.21. The minimum Gasteiger partial charge on any atom is -0.330 e. The van der Waals surface area contributed by atoms with Gasteiger partial charge in [0, 0.05) is 0 Å². The molecule has 2 N–H and O–H groups in total. The third kappa shape index (κ3) is 3.73. The minimum absolute atomic E-state index is 0.300. The number of rotatable bonds is 3. The second-order valence-corrected chi connectivity index (χ2v) is 5.51. The van der Waals surface area contributed by atoms with Gasteiger partial charge in [-0.1, -0.05) is 26.8 Å². The molecular weight excluding hydrogens is 239 g/mol. The summed E-state index contributed by atoms with van der Waals surface area (Å²) in [6.45, 7) is 6.32. The molecular formula is C14H20F3N. The van der Waals surface area contributed by atoms with E-state index in [1.165, 1.54) is 6.07 Å². The smallest absolute Gasteiger partial charge is 0.330 e. The minimum atomic E-state index is -4.29. The van der Waals surface area contributed by atoms with Crippen LogP contribution in [0.25, 0.3) is 0 Å². The highest BCUT2D eigenvalue weighted by atomic mass is 19.4. The molecule has 0 aromatic heterocycles. The number of aryl methyl sites for hydroxylation is 1. The Bertz CT molecular complexity index is 402. The lowest BCUT2D eigenvalue weighted by molar-refractivity contribution is -0.137. The van der Waals surface area contributed by atoms with Crippen molar-refractivity contribution >= 4 is 0 Å². The average Bonchev–Trinajstić information content (AvgIpc) is 2.23. The van der Waals surface area contributed by atoms with Gasteiger partial charge in [0.15, 0.2) is 0 Å². The fourth-order valence-electron chi connectivity index (χ4n) is 1.96. The molecule has 1 aromatic rings. The summed E-state index contributed by atoms with van der Waals surface area (Å²) in [4.78, 5) is 0. The lowest BCUT2D eigenvalue weighted by Crippen LogP contribution is -2.17. The van der Waals surface area contributed by atoms with Crippen LogP contribution in [0.4, 0.5) is 13.2 Å². The van der Waals surface area contributed by atoms with E-state index in [0.29, 0.717) is 6.54 Å². The van der Waals surface area contributed by atoms with Gasteiger partial charge in [0.25, 0.3) is 0 Å². The van der Waals surface area contributed by atoms with Crippen LogP contribution in [0.15, 0.2) is 18.2 Å². The van der Waals surface area contributed by atoms with Crippen LogP contribution in [-0.2, 0) is 18.0 Å². The quantitative estimate of drug-likeness (QED) is 0.875. The molecule has 0 amide bonds. The Morgan fingerprint density at radius 1 is 1.11 bits per heavy atom. The lowest BCUT2D eigenvalue weighted by Gasteiger charge is -2.24. The van der Waals surface area contributed by atoms with E-state index in [9.17, 15) is 13.2 Å². The van der Waals surface area contributed by atoms with Gasteiger partial charge in [0.1, 0.15) is 0 Å². The van der Waals surface area contributed by atoms with Gasteiger partial charge in [-0.2, -0.15) is 13.2 Å². The first-order valence-corrected chi connectivity index (χ1v) is 6.07. The van der Waals surface area contributed by atoms with Crippen LogP contribution in [0.3, 0.4) is 0 Å². The maximum absolute atomic E-state index is 12.7. The Hall–Kier alpha value is -1.03. The van der Waals surface area contributed by atoms with Crippen molar-refractivity contribution in [1.29, 1.82) is 0 Å². The van der Waals surface area contributed by atoms with E-state index >= 15 is 0 Å². The summed E-state index contributed by atoms with van der Waals surface area (Å²) in [5, 5.41) is 0. The van der Waals surface area contributed by atoms with Crippen LogP contribution in [0, 0.1) is 0 Å². The first kappa shape index (κ1) is 15.0. The molecule has 0 aliphatic carbocycles. The molecule has 0 saturated heterocycles. The zero-order valence-electron chi connectivity index (χ0n) is 11.1. The zero-order chi connectivity index (χ0) is 14.0. The molecule has 0 bridgehead atoms. The molecule has 0 atom stereocenters. The highest BCUT2D eigenvalue weighted by Crippen LogP contribution is 2.34. The van der Waals surface area contributed by atoms with Crippen LogP contribution < -0.4 is 5.73 Å². The van der Waals surface area contributed by atoms with Crippen LogP contribution in [0.2, 0.25) is 0 Å². The van der Waals surface area contributed by atoms with Crippen LogP contribution in [-0.4, -0.2) is 6.54 Å². The molecule has 1 aromatic carbocycles. The number of halogens is 3. The van der Waals surface area contributed by atoms with Gasteiger partial charge in [0.05, 0.1) is 5.56 Å². The number of benzene rings is 1. The van der Waals surface area contributed by atoms with Crippen LogP contribution in [0.1, 0.15) is 43.9 Å². The molecule has 1 nitrogen and oxygen atoms in total. The van der Waals surface area contributed by atoms with Crippen LogP contribution in [0.5, 0.6) is 0 Å². The summed E-state index contributed by atoms with van der Waals surface area (Å²) in [6, 6.07) is 4.01. The molecule has 0 aliphatic rings. The van der Waals surface area contributed by atoms with Crippen molar-refractivity contribution in [2.45, 2.75) is 45.2 Å². The van der Waals surface area contributed by atoms with E-state index in [1.807, 2.05) is 20.8 Å². The lowest BCUT2D eigenvalue weighted by atomic mass is 9.81. The maximum Gasteiger partial charge on any atom is 0.416 e. The molecule has 0 saturated carbocycles. The molecule has 0 aliphatic heterocycles. The first-order chi connectivity index (χ1) is 8.16. The third-order valence-electron chi connectivity index (χ3n) is 2.90. The molecule has 102 valence electrons. The Kier molecular flexibility index (Phi) is 4.43. The van der Waals surface area contributed by atoms with Gasteiger partial charge in [-0.3, -0.25) is 0 Å². The molecule has 0 fully saturated rings. The van der Waals surface area contributed by atoms with E-state index in [2.05, 4.69) is 0 Å². The average molecular weight is 259 g/mol. The zero-order valence-corrected chi connectivity index (χ0v) is 11.1. The number of alkyl halides is 3. The normalized spacial score (nSPS) is 12.8.